The lowest BCUT2D eigenvalue weighted by Crippen LogP contribution is -2.38. The molecule has 10 atom stereocenters. The van der Waals surface area contributed by atoms with Gasteiger partial charge in [0.2, 0.25) is 0 Å². The summed E-state index contributed by atoms with van der Waals surface area (Å²) in [5.41, 5.74) is 3.72. The van der Waals surface area contributed by atoms with E-state index < -0.39 is 69.1 Å². The maximum atomic E-state index is 12.9. The molecule has 8 nitrogen and oxygen atoms in total. The zero-order valence-electron chi connectivity index (χ0n) is 26.7. The van der Waals surface area contributed by atoms with Crippen molar-refractivity contribution in [3.8, 4) is 0 Å². The van der Waals surface area contributed by atoms with E-state index in [9.17, 15) is 27.6 Å². The first-order valence-electron chi connectivity index (χ1n) is 14.7. The van der Waals surface area contributed by atoms with E-state index in [0.29, 0.717) is 0 Å². The number of rotatable bonds is 0. The lowest BCUT2D eigenvalue weighted by atomic mass is 9.64. The van der Waals surface area contributed by atoms with Crippen LogP contribution < -0.4 is 0 Å². The zero-order valence-corrected chi connectivity index (χ0v) is 28.3. The Bertz CT molecular complexity index is 1210. The molecule has 0 radical (unpaired) electrons. The highest BCUT2D eigenvalue weighted by Gasteiger charge is 2.70. The molecule has 0 N–H and O–H groups in total. The summed E-state index contributed by atoms with van der Waals surface area (Å²) < 4.78 is 35.5. The molecule has 0 aromatic carbocycles. The van der Waals surface area contributed by atoms with Crippen LogP contribution in [0.25, 0.3) is 0 Å². The van der Waals surface area contributed by atoms with Crippen molar-refractivity contribution >= 4 is 45.5 Å². The molecule has 6 heterocycles. The number of hydrogen-bond acceptors (Lipinski definition) is 8. The van der Waals surface area contributed by atoms with E-state index in [4.69, 9.17) is 9.47 Å². The van der Waals surface area contributed by atoms with E-state index in [-0.39, 0.29) is 42.7 Å². The summed E-state index contributed by atoms with van der Waals surface area (Å²) >= 11 is 0. The average Bonchev–Trinajstić information content (AvgIpc) is 3.58. The Hall–Kier alpha value is -1.94. The van der Waals surface area contributed by atoms with Gasteiger partial charge in [-0.25, -0.2) is 0 Å². The predicted octanol–water partition coefficient (Wildman–Crippen LogP) is 4.41. The van der Waals surface area contributed by atoms with E-state index in [2.05, 4.69) is 83.1 Å². The molecule has 0 amide bonds. The molecule has 0 spiro atoms. The van der Waals surface area contributed by atoms with Crippen LogP contribution in [0.4, 0.5) is 0 Å². The summed E-state index contributed by atoms with van der Waals surface area (Å²) in [6.45, 7) is 25.0. The van der Waals surface area contributed by atoms with Gasteiger partial charge >= 0.3 is 23.9 Å². The highest BCUT2D eigenvalue weighted by molar-refractivity contribution is 7.87. The number of esters is 4. The standard InChI is InChI=1S/2C16H22O4S/c2*1-15(2,3)9-10(16(4,5)6)12-8-7(11(9)21(12)19)13(17)20-14(8)18/h2*7-8,11-12H,1-6H3/t2*7-,8+,11+,12-,21?. The summed E-state index contributed by atoms with van der Waals surface area (Å²) in [6.07, 6.45) is 0. The molecule has 6 aliphatic rings. The summed E-state index contributed by atoms with van der Waals surface area (Å²) in [5, 5.41) is -1.41. The Morgan fingerprint density at radius 2 is 0.571 bits per heavy atom. The first kappa shape index (κ1) is 31.5. The smallest absolute Gasteiger partial charge is 0.319 e. The Balaban J connectivity index is 0.000000168. The second-order valence-corrected chi connectivity index (χ2v) is 19.9. The van der Waals surface area contributed by atoms with Crippen molar-refractivity contribution in [3.05, 3.63) is 22.3 Å². The van der Waals surface area contributed by atoms with Gasteiger partial charge in [-0.2, -0.15) is 0 Å². The van der Waals surface area contributed by atoms with Crippen LogP contribution in [0.3, 0.4) is 0 Å². The molecular weight excluding hydrogens is 576 g/mol. The molecule has 2 unspecified atom stereocenters. The van der Waals surface area contributed by atoms with Crippen molar-refractivity contribution in [3.63, 3.8) is 0 Å². The molecule has 4 fully saturated rings. The minimum absolute atomic E-state index is 0.172. The van der Waals surface area contributed by atoms with Crippen LogP contribution in [0, 0.1) is 45.3 Å². The number of fused-ring (bicyclic) bond motifs is 10. The monoisotopic (exact) mass is 620 g/mol. The van der Waals surface area contributed by atoms with Crippen molar-refractivity contribution in [2.75, 3.05) is 0 Å². The van der Waals surface area contributed by atoms with Gasteiger partial charge in [0.25, 0.3) is 0 Å². The molecule has 10 heteroatoms. The molecular formula is C32H44O8S2. The van der Waals surface area contributed by atoms with E-state index in [1.54, 1.807) is 0 Å². The molecule has 0 aromatic rings. The Kier molecular flexibility index (Phi) is 6.96. The topological polar surface area (TPSA) is 121 Å². The largest absolute Gasteiger partial charge is 0.393 e. The summed E-state index contributed by atoms with van der Waals surface area (Å²) in [7, 11) is -2.40. The van der Waals surface area contributed by atoms with Crippen LogP contribution in [0.2, 0.25) is 0 Å². The fourth-order valence-electron chi connectivity index (χ4n) is 8.32. The van der Waals surface area contributed by atoms with Gasteiger partial charge in [0.05, 0.1) is 44.7 Å². The SMILES string of the molecule is CC(C)(C)C1=C(C(C)(C)C)[C@H]2[C@H]3C(=O)OC(=O)[C@H]3[C@@H]1S2=O.CC(C)(C)C1=C(C(C)(C)C)[C@H]2[C@H]3C(=O)OC(=O)[C@H]3[C@@H]1S2=O. The van der Waals surface area contributed by atoms with Gasteiger partial charge in [-0.15, -0.1) is 0 Å². The van der Waals surface area contributed by atoms with Crippen LogP contribution in [0.1, 0.15) is 83.1 Å². The molecule has 4 saturated heterocycles. The van der Waals surface area contributed by atoms with Crippen molar-refractivity contribution in [1.82, 2.24) is 0 Å². The average molecular weight is 621 g/mol. The first-order valence-corrected chi connectivity index (χ1v) is 17.3. The predicted molar refractivity (Wildman–Crippen MR) is 159 cm³/mol. The van der Waals surface area contributed by atoms with Crippen molar-refractivity contribution in [2.45, 2.75) is 104 Å². The third kappa shape index (κ3) is 4.32. The second-order valence-electron chi connectivity index (χ2n) is 16.6. The minimum atomic E-state index is -1.20. The molecule has 0 aromatic heterocycles. The van der Waals surface area contributed by atoms with Gasteiger partial charge < -0.3 is 9.47 Å². The van der Waals surface area contributed by atoms with Crippen LogP contribution in [0.5, 0.6) is 0 Å². The number of carbonyl (C=O) groups is 4. The molecule has 42 heavy (non-hydrogen) atoms. The minimum Gasteiger partial charge on any atom is -0.393 e. The quantitative estimate of drug-likeness (QED) is 0.222. The van der Waals surface area contributed by atoms with Gasteiger partial charge in [0.15, 0.2) is 0 Å². The second kappa shape index (κ2) is 9.29. The highest BCUT2D eigenvalue weighted by Crippen LogP contribution is 2.61. The summed E-state index contributed by atoms with van der Waals surface area (Å²) in [4.78, 5) is 48.1. The lowest BCUT2D eigenvalue weighted by molar-refractivity contribution is -0.155. The normalized spacial score (nSPS) is 39.0. The van der Waals surface area contributed by atoms with Gasteiger partial charge in [-0.1, -0.05) is 83.1 Å². The van der Waals surface area contributed by atoms with Crippen molar-refractivity contribution < 1.29 is 37.1 Å². The zero-order chi connectivity index (χ0) is 31.8. The third-order valence-electron chi connectivity index (χ3n) is 9.52. The van der Waals surface area contributed by atoms with Gasteiger partial charge in [0.1, 0.15) is 0 Å². The lowest BCUT2D eigenvalue weighted by Gasteiger charge is -2.37. The fraction of sp³-hybridized carbons (Fsp3) is 0.750. The number of carbonyl (C=O) groups excluding carboxylic acids is 4. The number of hydrogen-bond donors (Lipinski definition) is 0. The van der Waals surface area contributed by atoms with E-state index in [0.717, 1.165) is 22.3 Å². The van der Waals surface area contributed by atoms with Crippen LogP contribution in [-0.4, -0.2) is 53.3 Å². The summed E-state index contributed by atoms with van der Waals surface area (Å²) in [6, 6.07) is 0. The molecule has 4 bridgehead atoms. The first-order chi connectivity index (χ1) is 18.9. The Labute approximate surface area is 253 Å². The van der Waals surface area contributed by atoms with E-state index >= 15 is 0 Å². The van der Waals surface area contributed by atoms with Crippen LogP contribution >= 0.6 is 0 Å². The van der Waals surface area contributed by atoms with Crippen molar-refractivity contribution in [1.29, 1.82) is 0 Å². The van der Waals surface area contributed by atoms with Crippen LogP contribution in [0.15, 0.2) is 22.3 Å². The van der Waals surface area contributed by atoms with Gasteiger partial charge in [-0.05, 0) is 44.0 Å². The maximum absolute atomic E-state index is 12.9. The van der Waals surface area contributed by atoms with Gasteiger partial charge in [0, 0.05) is 21.6 Å². The highest BCUT2D eigenvalue weighted by atomic mass is 32.2. The Morgan fingerprint density at radius 3 is 0.714 bits per heavy atom. The number of cyclic esters (lactones) is 4. The number of ether oxygens (including phenoxy) is 2. The third-order valence-corrected chi connectivity index (χ3v) is 13.6. The molecule has 0 aliphatic carbocycles. The molecule has 6 aliphatic heterocycles. The summed E-state index contributed by atoms with van der Waals surface area (Å²) in [5.74, 6) is -4.10. The Morgan fingerprint density at radius 1 is 0.405 bits per heavy atom. The van der Waals surface area contributed by atoms with Crippen LogP contribution in [-0.2, 0) is 50.3 Å². The fourth-order valence-corrected chi connectivity index (χ4v) is 14.1. The molecule has 6 rings (SSSR count). The van der Waals surface area contributed by atoms with E-state index in [1.165, 1.54) is 0 Å². The van der Waals surface area contributed by atoms with Gasteiger partial charge in [-0.3, -0.25) is 27.6 Å². The maximum Gasteiger partial charge on any atom is 0.319 e. The van der Waals surface area contributed by atoms with Crippen molar-refractivity contribution in [2.24, 2.45) is 45.3 Å². The van der Waals surface area contributed by atoms with E-state index in [1.807, 2.05) is 0 Å². The molecule has 0 saturated carbocycles. The molecule has 232 valence electrons.